The van der Waals surface area contributed by atoms with Crippen LogP contribution in [0.3, 0.4) is 0 Å². The van der Waals surface area contributed by atoms with Crippen molar-refractivity contribution in [2.75, 3.05) is 33.3 Å². The molecule has 0 aromatic heterocycles. The van der Waals surface area contributed by atoms with E-state index in [2.05, 4.69) is 10.6 Å². The largest absolute Gasteiger partial charge is 0.497 e. The lowest BCUT2D eigenvalue weighted by Crippen LogP contribution is -2.46. The Kier molecular flexibility index (Phi) is 8.21. The zero-order chi connectivity index (χ0) is 20.1. The number of rotatable bonds is 6. The third kappa shape index (κ3) is 5.57. The summed E-state index contributed by atoms with van der Waals surface area (Å²) < 4.78 is 5.12. The average molecular weight is 427 g/mol. The number of nitrogens with one attached hydrogen (secondary N) is 2. The third-order valence-corrected chi connectivity index (χ3v) is 5.38. The molecule has 9 nitrogen and oxygen atoms in total. The lowest BCUT2D eigenvalue weighted by atomic mass is 9.97. The highest BCUT2D eigenvalue weighted by molar-refractivity contribution is 5.98. The third-order valence-electron chi connectivity index (χ3n) is 5.38. The maximum atomic E-state index is 13.0. The fourth-order valence-corrected chi connectivity index (χ4v) is 3.84. The van der Waals surface area contributed by atoms with Crippen LogP contribution in [-0.2, 0) is 4.79 Å². The molecule has 2 heterocycles. The molecule has 2 fully saturated rings. The molecule has 10 heteroatoms. The van der Waals surface area contributed by atoms with Gasteiger partial charge in [-0.15, -0.1) is 12.4 Å². The summed E-state index contributed by atoms with van der Waals surface area (Å²) in [4.78, 5) is 37.5. The van der Waals surface area contributed by atoms with Crippen molar-refractivity contribution in [2.24, 2.45) is 5.92 Å². The molecular weight excluding hydrogens is 400 g/mol. The summed E-state index contributed by atoms with van der Waals surface area (Å²) >= 11 is 0. The molecule has 0 aliphatic carbocycles. The van der Waals surface area contributed by atoms with E-state index >= 15 is 0 Å². The number of carbonyl (C=O) groups is 2. The van der Waals surface area contributed by atoms with Crippen LogP contribution >= 0.6 is 12.4 Å². The predicted molar refractivity (Wildman–Crippen MR) is 110 cm³/mol. The van der Waals surface area contributed by atoms with Crippen molar-refractivity contribution >= 4 is 29.9 Å². The topological polar surface area (TPSA) is 114 Å². The van der Waals surface area contributed by atoms with E-state index in [1.165, 1.54) is 25.3 Å². The molecular formula is C19H27ClN4O5. The first-order valence-corrected chi connectivity index (χ1v) is 9.62. The zero-order valence-electron chi connectivity index (χ0n) is 16.4. The molecule has 0 saturated carbocycles. The number of amides is 2. The normalized spacial score (nSPS) is 21.2. The number of nitrogens with zero attached hydrogens (tertiary/aromatic N) is 2. The van der Waals surface area contributed by atoms with Crippen LogP contribution in [0.1, 0.15) is 36.0 Å². The van der Waals surface area contributed by atoms with Crippen molar-refractivity contribution in [2.45, 2.75) is 31.7 Å². The number of hydrogen-bond acceptors (Lipinski definition) is 6. The van der Waals surface area contributed by atoms with Gasteiger partial charge in [-0.3, -0.25) is 19.7 Å². The molecule has 2 saturated heterocycles. The van der Waals surface area contributed by atoms with Gasteiger partial charge in [-0.05, 0) is 50.3 Å². The number of methoxy groups -OCH3 is 1. The van der Waals surface area contributed by atoms with Gasteiger partial charge in [-0.1, -0.05) is 0 Å². The Morgan fingerprint density at radius 2 is 2.14 bits per heavy atom. The van der Waals surface area contributed by atoms with Crippen molar-refractivity contribution in [3.63, 3.8) is 0 Å². The van der Waals surface area contributed by atoms with Crippen LogP contribution < -0.4 is 15.4 Å². The second-order valence-corrected chi connectivity index (χ2v) is 7.29. The number of hydrogen-bond donors (Lipinski definition) is 2. The van der Waals surface area contributed by atoms with E-state index in [-0.39, 0.29) is 47.4 Å². The molecule has 2 N–H and O–H groups in total. The van der Waals surface area contributed by atoms with Crippen molar-refractivity contribution in [3.8, 4) is 5.75 Å². The van der Waals surface area contributed by atoms with Gasteiger partial charge in [0.25, 0.3) is 11.6 Å². The lowest BCUT2D eigenvalue weighted by Gasteiger charge is -2.33. The van der Waals surface area contributed by atoms with E-state index in [9.17, 15) is 19.7 Å². The smallest absolute Gasteiger partial charge is 0.282 e. The van der Waals surface area contributed by atoms with Crippen molar-refractivity contribution in [1.82, 2.24) is 15.5 Å². The second kappa shape index (κ2) is 10.4. The van der Waals surface area contributed by atoms with E-state index in [0.29, 0.717) is 25.4 Å². The molecule has 0 radical (unpaired) electrons. The highest BCUT2D eigenvalue weighted by atomic mass is 35.5. The Balaban J connectivity index is 0.00000300. The van der Waals surface area contributed by atoms with Crippen LogP contribution in [0.15, 0.2) is 18.2 Å². The van der Waals surface area contributed by atoms with Gasteiger partial charge < -0.3 is 20.3 Å². The van der Waals surface area contributed by atoms with Crippen LogP contribution in [-0.4, -0.2) is 61.0 Å². The minimum absolute atomic E-state index is 0. The number of piperidine rings is 1. The summed E-state index contributed by atoms with van der Waals surface area (Å²) in [5.41, 5.74) is -0.197. The van der Waals surface area contributed by atoms with Crippen LogP contribution in [0.5, 0.6) is 5.75 Å². The molecule has 0 spiro atoms. The van der Waals surface area contributed by atoms with E-state index in [4.69, 9.17) is 4.74 Å². The highest BCUT2D eigenvalue weighted by Gasteiger charge is 2.30. The van der Waals surface area contributed by atoms with Gasteiger partial charge >= 0.3 is 0 Å². The molecule has 2 aliphatic rings. The van der Waals surface area contributed by atoms with E-state index < -0.39 is 4.92 Å². The molecule has 1 aromatic carbocycles. The Bertz CT molecular complexity index is 754. The van der Waals surface area contributed by atoms with Gasteiger partial charge in [-0.25, -0.2) is 0 Å². The summed E-state index contributed by atoms with van der Waals surface area (Å²) in [6.07, 6.45) is 3.55. The maximum absolute atomic E-state index is 13.0. The van der Waals surface area contributed by atoms with E-state index in [1.54, 1.807) is 4.90 Å². The van der Waals surface area contributed by atoms with Crippen LogP contribution in [0, 0.1) is 16.0 Å². The first-order chi connectivity index (χ1) is 13.5. The zero-order valence-corrected chi connectivity index (χ0v) is 17.2. The van der Waals surface area contributed by atoms with Gasteiger partial charge in [0.15, 0.2) is 0 Å². The summed E-state index contributed by atoms with van der Waals surface area (Å²) in [6, 6.07) is 4.06. The minimum Gasteiger partial charge on any atom is -0.497 e. The van der Waals surface area contributed by atoms with Crippen LogP contribution in [0.4, 0.5) is 5.69 Å². The summed E-state index contributed by atoms with van der Waals surface area (Å²) in [5, 5.41) is 17.5. The van der Waals surface area contributed by atoms with Gasteiger partial charge in [0, 0.05) is 25.7 Å². The Hall–Kier alpha value is -2.39. The number of likely N-dealkylation sites (tertiary alicyclic amines) is 1. The number of ether oxygens (including phenoxy) is 1. The van der Waals surface area contributed by atoms with E-state index in [0.717, 1.165) is 32.2 Å². The Morgan fingerprint density at radius 1 is 1.34 bits per heavy atom. The average Bonchev–Trinajstić information content (AvgIpc) is 3.26. The van der Waals surface area contributed by atoms with Gasteiger partial charge in [0.2, 0.25) is 5.91 Å². The molecule has 2 unspecified atom stereocenters. The molecule has 1 aromatic rings. The van der Waals surface area contributed by atoms with Crippen molar-refractivity contribution in [3.05, 3.63) is 33.9 Å². The number of nitro groups is 1. The predicted octanol–water partition coefficient (Wildman–Crippen LogP) is 1.75. The van der Waals surface area contributed by atoms with E-state index in [1.807, 2.05) is 0 Å². The highest BCUT2D eigenvalue weighted by Crippen LogP contribution is 2.27. The number of halogens is 1. The van der Waals surface area contributed by atoms with Gasteiger partial charge in [-0.2, -0.15) is 0 Å². The van der Waals surface area contributed by atoms with Crippen molar-refractivity contribution in [1.29, 1.82) is 0 Å². The second-order valence-electron chi connectivity index (χ2n) is 7.29. The summed E-state index contributed by atoms with van der Waals surface area (Å²) in [5.74, 6) is 0.162. The molecule has 0 bridgehead atoms. The summed E-state index contributed by atoms with van der Waals surface area (Å²) in [6.45, 7) is 2.37. The number of carbonyl (C=O) groups excluding carboxylic acids is 2. The lowest BCUT2D eigenvalue weighted by molar-refractivity contribution is -0.385. The SMILES string of the molecule is COc1ccc([N+](=O)[O-])c(C(=O)N2CCCC(CNC(=O)C3CCCN3)C2)c1.Cl. The van der Waals surface area contributed by atoms with Crippen molar-refractivity contribution < 1.29 is 19.2 Å². The standard InChI is InChI=1S/C19H26N4O5.ClH/c1-28-14-6-7-17(23(26)27)15(10-14)19(25)22-9-3-4-13(12-22)11-21-18(24)16-5-2-8-20-16;/h6-7,10,13,16,20H,2-5,8-9,11-12H2,1H3,(H,21,24);1H. The van der Waals surface area contributed by atoms with Crippen LogP contribution in [0.2, 0.25) is 0 Å². The summed E-state index contributed by atoms with van der Waals surface area (Å²) in [7, 11) is 1.45. The molecule has 3 rings (SSSR count). The van der Waals surface area contributed by atoms with Gasteiger partial charge in [0.05, 0.1) is 18.1 Å². The number of benzene rings is 1. The quantitative estimate of drug-likeness (QED) is 0.529. The van der Waals surface area contributed by atoms with Crippen LogP contribution in [0.25, 0.3) is 0 Å². The molecule has 2 amide bonds. The fraction of sp³-hybridized carbons (Fsp3) is 0.579. The Morgan fingerprint density at radius 3 is 2.79 bits per heavy atom. The first-order valence-electron chi connectivity index (χ1n) is 9.62. The molecule has 2 aliphatic heterocycles. The molecule has 29 heavy (non-hydrogen) atoms. The monoisotopic (exact) mass is 426 g/mol. The molecule has 160 valence electrons. The van der Waals surface area contributed by atoms with Gasteiger partial charge in [0.1, 0.15) is 11.3 Å². The fourth-order valence-electron chi connectivity index (χ4n) is 3.84. The first kappa shape index (κ1) is 22.9. The minimum atomic E-state index is -0.553. The Labute approximate surface area is 175 Å². The number of nitro benzene ring substituents is 1. The molecule has 2 atom stereocenters. The maximum Gasteiger partial charge on any atom is 0.282 e.